The van der Waals surface area contributed by atoms with Crippen LogP contribution < -0.4 is 10.6 Å². The van der Waals surface area contributed by atoms with Gasteiger partial charge in [0.1, 0.15) is 0 Å². The molecule has 5 nitrogen and oxygen atoms in total. The topological polar surface area (TPSA) is 66.9 Å². The second kappa shape index (κ2) is 10.4. The lowest BCUT2D eigenvalue weighted by molar-refractivity contribution is -0.119. The molecule has 0 radical (unpaired) electrons. The van der Waals surface area contributed by atoms with Crippen LogP contribution in [0.5, 0.6) is 0 Å². The molecule has 1 heterocycles. The SMILES string of the molecule is O=C(CSc1nnc(Nc2ccc(SC(F)F)cc2)s1)N[C@H]1CCCc2ccccc21. The summed E-state index contributed by atoms with van der Waals surface area (Å²) in [6, 6.07) is 15.0. The molecule has 162 valence electrons. The van der Waals surface area contributed by atoms with E-state index < -0.39 is 5.76 Å². The van der Waals surface area contributed by atoms with E-state index in [9.17, 15) is 13.6 Å². The highest BCUT2D eigenvalue weighted by Gasteiger charge is 2.21. The molecule has 1 atom stereocenters. The van der Waals surface area contributed by atoms with Crippen molar-refractivity contribution < 1.29 is 13.6 Å². The van der Waals surface area contributed by atoms with Gasteiger partial charge in [0.05, 0.1) is 11.8 Å². The molecule has 10 heteroatoms. The predicted molar refractivity (Wildman–Crippen MR) is 122 cm³/mol. The highest BCUT2D eigenvalue weighted by atomic mass is 32.2. The fraction of sp³-hybridized carbons (Fsp3) is 0.286. The van der Waals surface area contributed by atoms with Crippen LogP contribution in [-0.4, -0.2) is 27.6 Å². The minimum atomic E-state index is -2.44. The van der Waals surface area contributed by atoms with Gasteiger partial charge in [0.25, 0.3) is 5.76 Å². The van der Waals surface area contributed by atoms with E-state index >= 15 is 0 Å². The molecular formula is C21H20F2N4OS3. The van der Waals surface area contributed by atoms with Gasteiger partial charge in [0.15, 0.2) is 4.34 Å². The number of hydrogen-bond donors (Lipinski definition) is 2. The Labute approximate surface area is 191 Å². The maximum absolute atomic E-state index is 12.5. The molecule has 0 aliphatic heterocycles. The van der Waals surface area contributed by atoms with Gasteiger partial charge >= 0.3 is 0 Å². The molecule has 2 aromatic carbocycles. The molecule has 3 aromatic rings. The highest BCUT2D eigenvalue weighted by molar-refractivity contribution is 8.01. The summed E-state index contributed by atoms with van der Waals surface area (Å²) in [5.74, 6) is -2.19. The smallest absolute Gasteiger partial charge is 0.288 e. The molecule has 1 aliphatic carbocycles. The molecule has 0 saturated carbocycles. The number of nitrogens with one attached hydrogen (secondary N) is 2. The van der Waals surface area contributed by atoms with E-state index in [1.807, 2.05) is 12.1 Å². The maximum atomic E-state index is 12.5. The molecule has 1 aromatic heterocycles. The first-order valence-electron chi connectivity index (χ1n) is 9.72. The fourth-order valence-corrected chi connectivity index (χ4v) is 5.51. The molecule has 0 saturated heterocycles. The summed E-state index contributed by atoms with van der Waals surface area (Å²) in [5, 5.41) is 15.0. The number of benzene rings is 2. The zero-order chi connectivity index (χ0) is 21.6. The van der Waals surface area contributed by atoms with Crippen LogP contribution in [0.15, 0.2) is 57.8 Å². The lowest BCUT2D eigenvalue weighted by Gasteiger charge is -2.26. The zero-order valence-electron chi connectivity index (χ0n) is 16.4. The summed E-state index contributed by atoms with van der Waals surface area (Å²) in [7, 11) is 0. The molecule has 1 amide bonds. The maximum Gasteiger partial charge on any atom is 0.288 e. The minimum absolute atomic E-state index is 0.0245. The van der Waals surface area contributed by atoms with Gasteiger partial charge in [-0.3, -0.25) is 4.79 Å². The molecule has 31 heavy (non-hydrogen) atoms. The van der Waals surface area contributed by atoms with Crippen LogP contribution in [0.4, 0.5) is 19.6 Å². The van der Waals surface area contributed by atoms with Crippen LogP contribution >= 0.6 is 34.9 Å². The van der Waals surface area contributed by atoms with Gasteiger partial charge in [-0.05, 0) is 54.7 Å². The summed E-state index contributed by atoms with van der Waals surface area (Å²) in [6.07, 6.45) is 3.09. The summed E-state index contributed by atoms with van der Waals surface area (Å²) in [5.41, 5.74) is 3.26. The monoisotopic (exact) mass is 478 g/mol. The Morgan fingerprint density at radius 2 is 1.97 bits per heavy atom. The number of anilines is 2. The van der Waals surface area contributed by atoms with Gasteiger partial charge in [0.2, 0.25) is 11.0 Å². The molecular weight excluding hydrogens is 458 g/mol. The first kappa shape index (κ1) is 22.0. The number of aryl methyl sites for hydroxylation is 1. The number of hydrogen-bond acceptors (Lipinski definition) is 7. The van der Waals surface area contributed by atoms with Crippen LogP contribution in [0.3, 0.4) is 0 Å². The molecule has 4 rings (SSSR count). The number of nitrogens with zero attached hydrogens (tertiary/aromatic N) is 2. The first-order valence-corrected chi connectivity index (χ1v) is 12.4. The molecule has 0 spiro atoms. The summed E-state index contributed by atoms with van der Waals surface area (Å²) in [6.45, 7) is 0. The van der Waals surface area contributed by atoms with Gasteiger partial charge in [-0.25, -0.2) is 0 Å². The molecule has 0 bridgehead atoms. The number of amides is 1. The van der Waals surface area contributed by atoms with E-state index in [4.69, 9.17) is 0 Å². The number of alkyl halides is 2. The third kappa shape index (κ3) is 6.18. The van der Waals surface area contributed by atoms with Crippen LogP contribution in [0.25, 0.3) is 0 Å². The average Bonchev–Trinajstić information content (AvgIpc) is 3.21. The quantitative estimate of drug-likeness (QED) is 0.394. The number of carbonyl (C=O) groups is 1. The van der Waals surface area contributed by atoms with Crippen molar-refractivity contribution in [2.24, 2.45) is 0 Å². The summed E-state index contributed by atoms with van der Waals surface area (Å²) >= 11 is 3.20. The number of fused-ring (bicyclic) bond motifs is 1. The van der Waals surface area contributed by atoms with Crippen LogP contribution in [-0.2, 0) is 11.2 Å². The van der Waals surface area contributed by atoms with Crippen LogP contribution in [0, 0.1) is 0 Å². The number of aromatic nitrogens is 2. The van der Waals surface area contributed by atoms with Gasteiger partial charge in [0, 0.05) is 10.6 Å². The third-order valence-electron chi connectivity index (χ3n) is 4.77. The van der Waals surface area contributed by atoms with E-state index in [1.165, 1.54) is 34.2 Å². The van der Waals surface area contributed by atoms with Gasteiger partial charge in [-0.1, -0.05) is 59.1 Å². The molecule has 1 aliphatic rings. The highest BCUT2D eigenvalue weighted by Crippen LogP contribution is 2.31. The molecule has 2 N–H and O–H groups in total. The van der Waals surface area contributed by atoms with Gasteiger partial charge in [-0.15, -0.1) is 10.2 Å². The second-order valence-electron chi connectivity index (χ2n) is 6.90. The number of carbonyl (C=O) groups excluding carboxylic acids is 1. The first-order chi connectivity index (χ1) is 15.1. The van der Waals surface area contributed by atoms with Crippen molar-refractivity contribution in [1.82, 2.24) is 15.5 Å². The Kier molecular flexibility index (Phi) is 7.41. The predicted octanol–water partition coefficient (Wildman–Crippen LogP) is 5.88. The van der Waals surface area contributed by atoms with Gasteiger partial charge in [-0.2, -0.15) is 8.78 Å². The Morgan fingerprint density at radius 1 is 1.16 bits per heavy atom. The summed E-state index contributed by atoms with van der Waals surface area (Å²) < 4.78 is 25.5. The molecule has 0 fully saturated rings. The van der Waals surface area contributed by atoms with E-state index in [-0.39, 0.29) is 17.7 Å². The van der Waals surface area contributed by atoms with Crippen molar-refractivity contribution in [3.05, 3.63) is 59.7 Å². The number of rotatable bonds is 8. The van der Waals surface area contributed by atoms with Crippen molar-refractivity contribution in [3.63, 3.8) is 0 Å². The summed E-state index contributed by atoms with van der Waals surface area (Å²) in [4.78, 5) is 13.0. The fourth-order valence-electron chi connectivity index (χ4n) is 3.43. The lowest BCUT2D eigenvalue weighted by Crippen LogP contribution is -2.32. The second-order valence-corrected chi connectivity index (χ2v) is 10.2. The number of halogens is 2. The molecule has 0 unspecified atom stereocenters. The Hall–Kier alpha value is -2.17. The van der Waals surface area contributed by atoms with Crippen molar-refractivity contribution in [2.75, 3.05) is 11.1 Å². The standard InChI is InChI=1S/C21H20F2N4OS3/c22-19(23)30-15-10-8-14(9-11-15)24-20-26-27-21(31-20)29-12-18(28)25-17-7-3-5-13-4-1-2-6-16(13)17/h1-2,4,6,8-11,17,19H,3,5,7,12H2,(H,24,26)(H,25,28)/t17-/m0/s1. The Morgan fingerprint density at radius 3 is 2.77 bits per heavy atom. The average molecular weight is 479 g/mol. The van der Waals surface area contributed by atoms with Crippen molar-refractivity contribution in [1.29, 1.82) is 0 Å². The van der Waals surface area contributed by atoms with E-state index in [1.54, 1.807) is 24.3 Å². The number of thioether (sulfide) groups is 2. The van der Waals surface area contributed by atoms with E-state index in [2.05, 4.69) is 33.0 Å². The van der Waals surface area contributed by atoms with Crippen LogP contribution in [0.2, 0.25) is 0 Å². The van der Waals surface area contributed by atoms with Gasteiger partial charge < -0.3 is 10.6 Å². The zero-order valence-corrected chi connectivity index (χ0v) is 18.8. The Balaban J connectivity index is 1.27. The third-order valence-corrected chi connectivity index (χ3v) is 7.46. The van der Waals surface area contributed by atoms with E-state index in [0.29, 0.717) is 26.1 Å². The van der Waals surface area contributed by atoms with Crippen LogP contribution in [0.1, 0.15) is 30.0 Å². The lowest BCUT2D eigenvalue weighted by atomic mass is 9.88. The largest absolute Gasteiger partial charge is 0.349 e. The Bertz CT molecular complexity index is 1030. The van der Waals surface area contributed by atoms with Crippen molar-refractivity contribution >= 4 is 51.6 Å². The van der Waals surface area contributed by atoms with Crippen molar-refractivity contribution in [2.45, 2.75) is 40.3 Å². The minimum Gasteiger partial charge on any atom is -0.349 e. The normalized spacial score (nSPS) is 15.5. The van der Waals surface area contributed by atoms with Crippen molar-refractivity contribution in [3.8, 4) is 0 Å². The van der Waals surface area contributed by atoms with E-state index in [0.717, 1.165) is 24.9 Å².